The molecule has 0 heterocycles. The van der Waals surface area contributed by atoms with Crippen LogP contribution in [0.15, 0.2) is 18.2 Å². The van der Waals surface area contributed by atoms with E-state index in [1.165, 1.54) is 0 Å². The monoisotopic (exact) mass is 284 g/mol. The molecule has 0 aliphatic carbocycles. The van der Waals surface area contributed by atoms with Crippen molar-refractivity contribution in [1.82, 2.24) is 0 Å². The maximum Gasteiger partial charge on any atom is 0.333 e. The largest absolute Gasteiger partial charge is 0.487 e. The molecule has 0 atom stereocenters. The van der Waals surface area contributed by atoms with Crippen molar-refractivity contribution in [1.29, 1.82) is 0 Å². The third-order valence-electron chi connectivity index (χ3n) is 2.57. The molecule has 106 valence electrons. The van der Waals surface area contributed by atoms with E-state index < -0.39 is 4.92 Å². The number of unbranched alkanes of at least 4 members (excludes halogenated alkanes) is 1. The lowest BCUT2D eigenvalue weighted by Gasteiger charge is -2.10. The number of benzene rings is 1. The van der Waals surface area contributed by atoms with E-state index in [1.54, 1.807) is 18.2 Å². The van der Waals surface area contributed by atoms with Crippen molar-refractivity contribution in [2.45, 2.75) is 19.8 Å². The second-order valence-electron chi connectivity index (χ2n) is 3.97. The van der Waals surface area contributed by atoms with Crippen LogP contribution in [0.4, 0.5) is 11.4 Å². The summed E-state index contributed by atoms with van der Waals surface area (Å²) in [6, 6.07) is 5.11. The molecule has 6 heteroatoms. The number of nitrogens with zero attached hydrogens (tertiary/aromatic N) is 1. The first-order chi connectivity index (χ1) is 9.20. The highest BCUT2D eigenvalue weighted by atomic mass is 32.2. The van der Waals surface area contributed by atoms with Gasteiger partial charge in [0.05, 0.1) is 11.5 Å². The molecule has 0 aromatic heterocycles. The van der Waals surface area contributed by atoms with Crippen molar-refractivity contribution in [3.63, 3.8) is 0 Å². The van der Waals surface area contributed by atoms with Crippen LogP contribution in [0.3, 0.4) is 0 Å². The van der Waals surface area contributed by atoms with Gasteiger partial charge in [0.2, 0.25) is 0 Å². The number of nitrogens with one attached hydrogen (secondary N) is 1. The fraction of sp³-hybridized carbons (Fsp3) is 0.538. The van der Waals surface area contributed by atoms with E-state index >= 15 is 0 Å². The average molecular weight is 284 g/mol. The van der Waals surface area contributed by atoms with Crippen molar-refractivity contribution in [2.75, 3.05) is 30.5 Å². The van der Waals surface area contributed by atoms with Gasteiger partial charge >= 0.3 is 5.69 Å². The van der Waals surface area contributed by atoms with Crippen LogP contribution in [0, 0.1) is 10.1 Å². The molecule has 0 bridgehead atoms. The minimum Gasteiger partial charge on any atom is -0.487 e. The SMILES string of the molecule is CCOc1cccc(NCCCCSC)c1[N+](=O)[O-]. The van der Waals surface area contributed by atoms with Gasteiger partial charge in [-0.1, -0.05) is 6.07 Å². The van der Waals surface area contributed by atoms with Gasteiger partial charge < -0.3 is 10.1 Å². The van der Waals surface area contributed by atoms with E-state index in [4.69, 9.17) is 4.74 Å². The molecule has 0 saturated heterocycles. The number of para-hydroxylation sites is 1. The molecule has 0 unspecified atom stereocenters. The van der Waals surface area contributed by atoms with Crippen LogP contribution in [-0.2, 0) is 0 Å². The molecule has 0 amide bonds. The molecule has 1 N–H and O–H groups in total. The highest BCUT2D eigenvalue weighted by molar-refractivity contribution is 7.98. The summed E-state index contributed by atoms with van der Waals surface area (Å²) >= 11 is 1.81. The smallest absolute Gasteiger partial charge is 0.333 e. The summed E-state index contributed by atoms with van der Waals surface area (Å²) in [7, 11) is 0. The summed E-state index contributed by atoms with van der Waals surface area (Å²) in [6.07, 6.45) is 4.17. The van der Waals surface area contributed by atoms with E-state index in [0.29, 0.717) is 18.0 Å². The second kappa shape index (κ2) is 8.63. The molecule has 1 aromatic carbocycles. The topological polar surface area (TPSA) is 64.4 Å². The van der Waals surface area contributed by atoms with Crippen LogP contribution in [0.5, 0.6) is 5.75 Å². The molecule has 0 aliphatic heterocycles. The first-order valence-electron chi connectivity index (χ1n) is 6.33. The molecule has 1 aromatic rings. The fourth-order valence-corrected chi connectivity index (χ4v) is 2.21. The normalized spacial score (nSPS) is 10.2. The quantitative estimate of drug-likeness (QED) is 0.427. The van der Waals surface area contributed by atoms with Gasteiger partial charge in [-0.15, -0.1) is 0 Å². The first-order valence-corrected chi connectivity index (χ1v) is 7.73. The van der Waals surface area contributed by atoms with Gasteiger partial charge in [0.25, 0.3) is 0 Å². The summed E-state index contributed by atoms with van der Waals surface area (Å²) in [6.45, 7) is 2.96. The molecule has 5 nitrogen and oxygen atoms in total. The molecule has 0 aliphatic rings. The maximum absolute atomic E-state index is 11.1. The molecule has 0 fully saturated rings. The maximum atomic E-state index is 11.1. The van der Waals surface area contributed by atoms with Crippen molar-refractivity contribution in [3.05, 3.63) is 28.3 Å². The van der Waals surface area contributed by atoms with Crippen LogP contribution in [0.25, 0.3) is 0 Å². The summed E-state index contributed by atoms with van der Waals surface area (Å²) < 4.78 is 5.30. The number of anilines is 1. The fourth-order valence-electron chi connectivity index (χ4n) is 1.72. The van der Waals surface area contributed by atoms with Crippen LogP contribution in [-0.4, -0.2) is 30.1 Å². The van der Waals surface area contributed by atoms with E-state index in [-0.39, 0.29) is 5.69 Å². The number of nitro groups is 1. The Balaban J connectivity index is 2.70. The lowest BCUT2D eigenvalue weighted by atomic mass is 10.2. The van der Waals surface area contributed by atoms with Gasteiger partial charge in [0, 0.05) is 6.54 Å². The Labute approximate surface area is 117 Å². The minimum atomic E-state index is -0.394. The van der Waals surface area contributed by atoms with E-state index in [2.05, 4.69) is 11.6 Å². The average Bonchev–Trinajstić information content (AvgIpc) is 2.38. The van der Waals surface area contributed by atoms with Gasteiger partial charge in [-0.05, 0) is 43.9 Å². The third-order valence-corrected chi connectivity index (χ3v) is 3.27. The van der Waals surface area contributed by atoms with Crippen LogP contribution >= 0.6 is 11.8 Å². The van der Waals surface area contributed by atoms with Gasteiger partial charge in [-0.25, -0.2) is 0 Å². The molecule has 1 rings (SSSR count). The van der Waals surface area contributed by atoms with Gasteiger partial charge in [-0.3, -0.25) is 10.1 Å². The van der Waals surface area contributed by atoms with Crippen molar-refractivity contribution < 1.29 is 9.66 Å². The summed E-state index contributed by atoms with van der Waals surface area (Å²) in [5.41, 5.74) is 0.550. The van der Waals surface area contributed by atoms with Crippen molar-refractivity contribution >= 4 is 23.1 Å². The Hall–Kier alpha value is -1.43. The van der Waals surface area contributed by atoms with Crippen LogP contribution in [0.1, 0.15) is 19.8 Å². The zero-order valence-corrected chi connectivity index (χ0v) is 12.2. The summed E-state index contributed by atoms with van der Waals surface area (Å²) in [5.74, 6) is 1.43. The third kappa shape index (κ3) is 4.98. The number of thioether (sulfide) groups is 1. The zero-order valence-electron chi connectivity index (χ0n) is 11.3. The predicted octanol–water partition coefficient (Wildman–Crippen LogP) is 3.55. The van der Waals surface area contributed by atoms with Crippen LogP contribution in [0.2, 0.25) is 0 Å². The first kappa shape index (κ1) is 15.6. The van der Waals surface area contributed by atoms with Gasteiger partial charge in [0.1, 0.15) is 5.69 Å². The van der Waals surface area contributed by atoms with E-state index in [9.17, 15) is 10.1 Å². The van der Waals surface area contributed by atoms with Crippen molar-refractivity contribution in [2.24, 2.45) is 0 Å². The van der Waals surface area contributed by atoms with Gasteiger partial charge in [0.15, 0.2) is 5.75 Å². The molecule has 0 spiro atoms. The molecule has 19 heavy (non-hydrogen) atoms. The Morgan fingerprint density at radius 2 is 2.21 bits per heavy atom. The number of hydrogen-bond acceptors (Lipinski definition) is 5. The predicted molar refractivity (Wildman–Crippen MR) is 80.4 cm³/mol. The Bertz CT molecular complexity index is 413. The number of nitro benzene ring substituents is 1. The van der Waals surface area contributed by atoms with Crippen LogP contribution < -0.4 is 10.1 Å². The number of rotatable bonds is 9. The summed E-state index contributed by atoms with van der Waals surface area (Å²) in [5, 5.41) is 14.3. The van der Waals surface area contributed by atoms with E-state index in [1.807, 2.05) is 18.7 Å². The summed E-state index contributed by atoms with van der Waals surface area (Å²) in [4.78, 5) is 10.7. The lowest BCUT2D eigenvalue weighted by Crippen LogP contribution is -2.06. The highest BCUT2D eigenvalue weighted by Crippen LogP contribution is 2.34. The van der Waals surface area contributed by atoms with Crippen molar-refractivity contribution in [3.8, 4) is 5.75 Å². The Kier molecular flexibility index (Phi) is 7.10. The lowest BCUT2D eigenvalue weighted by molar-refractivity contribution is -0.384. The zero-order chi connectivity index (χ0) is 14.1. The Morgan fingerprint density at radius 3 is 2.84 bits per heavy atom. The minimum absolute atomic E-state index is 0.0224. The van der Waals surface area contributed by atoms with E-state index in [0.717, 1.165) is 25.1 Å². The second-order valence-corrected chi connectivity index (χ2v) is 4.95. The molecular weight excluding hydrogens is 264 g/mol. The Morgan fingerprint density at radius 1 is 1.42 bits per heavy atom. The molecule has 0 radical (unpaired) electrons. The van der Waals surface area contributed by atoms with Gasteiger partial charge in [-0.2, -0.15) is 11.8 Å². The molecular formula is C13H20N2O3S. The standard InChI is InChI=1S/C13H20N2O3S/c1-3-18-12-8-6-7-11(13(12)15(16)17)14-9-4-5-10-19-2/h6-8,14H,3-5,9-10H2,1-2H3. The number of ether oxygens (including phenoxy) is 1. The highest BCUT2D eigenvalue weighted by Gasteiger charge is 2.20. The molecule has 0 saturated carbocycles. The number of hydrogen-bond donors (Lipinski definition) is 1.